The van der Waals surface area contributed by atoms with Crippen molar-refractivity contribution in [2.24, 2.45) is 11.8 Å². The first-order valence-corrected chi connectivity index (χ1v) is 5.56. The van der Waals surface area contributed by atoms with Crippen molar-refractivity contribution in [3.63, 3.8) is 0 Å². The molecule has 0 bridgehead atoms. The van der Waals surface area contributed by atoms with Gasteiger partial charge in [0, 0.05) is 19.1 Å². The predicted octanol–water partition coefficient (Wildman–Crippen LogP) is 1.83. The summed E-state index contributed by atoms with van der Waals surface area (Å²) >= 11 is 0. The average molecular weight is 199 g/mol. The molecule has 0 aromatic carbocycles. The summed E-state index contributed by atoms with van der Waals surface area (Å²) in [6, 6.07) is 0.659. The van der Waals surface area contributed by atoms with E-state index in [1.54, 1.807) is 0 Å². The lowest BCUT2D eigenvalue weighted by molar-refractivity contribution is -0.146. The second-order valence-electron chi connectivity index (χ2n) is 4.31. The van der Waals surface area contributed by atoms with E-state index < -0.39 is 5.97 Å². The fourth-order valence-electron chi connectivity index (χ4n) is 2.17. The summed E-state index contributed by atoms with van der Waals surface area (Å²) in [7, 11) is 0. The zero-order chi connectivity index (χ0) is 10.7. The molecule has 3 heteroatoms. The Hall–Kier alpha value is -0.570. The number of carboxylic acids is 1. The normalized spacial score (nSPS) is 20.9. The molecule has 0 amide bonds. The molecule has 0 spiro atoms. The monoisotopic (exact) mass is 199 g/mol. The van der Waals surface area contributed by atoms with E-state index in [1.165, 1.54) is 12.8 Å². The van der Waals surface area contributed by atoms with Gasteiger partial charge in [-0.3, -0.25) is 9.69 Å². The van der Waals surface area contributed by atoms with Gasteiger partial charge in [-0.05, 0) is 18.8 Å². The van der Waals surface area contributed by atoms with Gasteiger partial charge in [-0.2, -0.15) is 0 Å². The standard InChI is InChI=1S/C11H21NO2/c1-4-10(5-2)12-6-9(7-12)8(3)11(13)14/h8-10H,4-7H2,1-3H3,(H,13,14). The highest BCUT2D eigenvalue weighted by Crippen LogP contribution is 2.27. The maximum atomic E-state index is 10.7. The highest BCUT2D eigenvalue weighted by molar-refractivity contribution is 5.70. The summed E-state index contributed by atoms with van der Waals surface area (Å²) in [5, 5.41) is 8.84. The van der Waals surface area contributed by atoms with Crippen molar-refractivity contribution >= 4 is 5.97 Å². The largest absolute Gasteiger partial charge is 0.481 e. The lowest BCUT2D eigenvalue weighted by atomic mass is 9.85. The van der Waals surface area contributed by atoms with Crippen LogP contribution in [0.2, 0.25) is 0 Å². The van der Waals surface area contributed by atoms with Crippen LogP contribution in [0.1, 0.15) is 33.6 Å². The van der Waals surface area contributed by atoms with E-state index in [0.717, 1.165) is 13.1 Å². The van der Waals surface area contributed by atoms with Gasteiger partial charge in [-0.25, -0.2) is 0 Å². The molecule has 1 aliphatic rings. The highest BCUT2D eigenvalue weighted by atomic mass is 16.4. The Morgan fingerprint density at radius 3 is 2.29 bits per heavy atom. The molecule has 0 aliphatic carbocycles. The van der Waals surface area contributed by atoms with Crippen LogP contribution >= 0.6 is 0 Å². The molecule has 1 aliphatic heterocycles. The number of carbonyl (C=O) groups is 1. The number of likely N-dealkylation sites (tertiary alicyclic amines) is 1. The van der Waals surface area contributed by atoms with E-state index in [4.69, 9.17) is 5.11 Å². The number of rotatable bonds is 5. The summed E-state index contributed by atoms with van der Waals surface area (Å²) in [5.74, 6) is -0.465. The van der Waals surface area contributed by atoms with Gasteiger partial charge in [0.1, 0.15) is 0 Å². The molecule has 0 aromatic rings. The van der Waals surface area contributed by atoms with E-state index in [2.05, 4.69) is 18.7 Å². The molecule has 0 aromatic heterocycles. The van der Waals surface area contributed by atoms with Gasteiger partial charge < -0.3 is 5.11 Å². The first-order valence-electron chi connectivity index (χ1n) is 5.56. The van der Waals surface area contributed by atoms with Crippen molar-refractivity contribution in [1.29, 1.82) is 0 Å². The number of hydrogen-bond donors (Lipinski definition) is 1. The van der Waals surface area contributed by atoms with Crippen molar-refractivity contribution < 1.29 is 9.90 Å². The summed E-state index contributed by atoms with van der Waals surface area (Å²) in [6.07, 6.45) is 2.34. The summed E-state index contributed by atoms with van der Waals surface area (Å²) in [5.41, 5.74) is 0. The van der Waals surface area contributed by atoms with Crippen LogP contribution in [-0.2, 0) is 4.79 Å². The van der Waals surface area contributed by atoms with Crippen molar-refractivity contribution in [2.45, 2.75) is 39.7 Å². The third kappa shape index (κ3) is 2.27. The fourth-order valence-corrected chi connectivity index (χ4v) is 2.17. The van der Waals surface area contributed by atoms with E-state index in [0.29, 0.717) is 12.0 Å². The lowest BCUT2D eigenvalue weighted by Crippen LogP contribution is -2.54. The molecule has 1 heterocycles. The third-order valence-corrected chi connectivity index (χ3v) is 3.49. The lowest BCUT2D eigenvalue weighted by Gasteiger charge is -2.45. The molecular formula is C11H21NO2. The SMILES string of the molecule is CCC(CC)N1CC(C(C)C(=O)O)C1. The third-order valence-electron chi connectivity index (χ3n) is 3.49. The zero-order valence-corrected chi connectivity index (χ0v) is 9.36. The Morgan fingerprint density at radius 2 is 1.93 bits per heavy atom. The van der Waals surface area contributed by atoms with Gasteiger partial charge in [-0.1, -0.05) is 20.8 Å². The molecule has 1 rings (SSSR count). The first-order chi connectivity index (χ1) is 6.60. The van der Waals surface area contributed by atoms with Crippen molar-refractivity contribution in [2.75, 3.05) is 13.1 Å². The Kier molecular flexibility index (Phi) is 3.93. The highest BCUT2D eigenvalue weighted by Gasteiger charge is 2.36. The Balaban J connectivity index is 2.32. The quantitative estimate of drug-likeness (QED) is 0.734. The Labute approximate surface area is 86.1 Å². The first kappa shape index (κ1) is 11.5. The predicted molar refractivity (Wildman–Crippen MR) is 56.2 cm³/mol. The zero-order valence-electron chi connectivity index (χ0n) is 9.36. The smallest absolute Gasteiger partial charge is 0.306 e. The van der Waals surface area contributed by atoms with E-state index >= 15 is 0 Å². The maximum Gasteiger partial charge on any atom is 0.306 e. The van der Waals surface area contributed by atoms with Crippen LogP contribution in [0.3, 0.4) is 0 Å². The van der Waals surface area contributed by atoms with E-state index in [9.17, 15) is 4.79 Å². The Bertz CT molecular complexity index is 195. The molecule has 0 radical (unpaired) electrons. The van der Waals surface area contributed by atoms with Gasteiger partial charge in [0.05, 0.1) is 5.92 Å². The van der Waals surface area contributed by atoms with Crippen LogP contribution in [-0.4, -0.2) is 35.1 Å². The second-order valence-corrected chi connectivity index (χ2v) is 4.31. The molecule has 1 atom stereocenters. The molecule has 3 nitrogen and oxygen atoms in total. The van der Waals surface area contributed by atoms with Gasteiger partial charge in [0.25, 0.3) is 0 Å². The number of nitrogens with zero attached hydrogens (tertiary/aromatic N) is 1. The van der Waals surface area contributed by atoms with Gasteiger partial charge >= 0.3 is 5.97 Å². The summed E-state index contributed by atoms with van der Waals surface area (Å²) in [4.78, 5) is 13.1. The number of carboxylic acid groups (broad SMARTS) is 1. The Morgan fingerprint density at radius 1 is 1.43 bits per heavy atom. The summed E-state index contributed by atoms with van der Waals surface area (Å²) in [6.45, 7) is 8.15. The van der Waals surface area contributed by atoms with Crippen LogP contribution in [0.5, 0.6) is 0 Å². The average Bonchev–Trinajstić information content (AvgIpc) is 2.09. The minimum atomic E-state index is -0.654. The van der Waals surface area contributed by atoms with E-state index in [1.807, 2.05) is 6.92 Å². The molecule has 14 heavy (non-hydrogen) atoms. The number of aliphatic carboxylic acids is 1. The van der Waals surface area contributed by atoms with Crippen LogP contribution in [0.15, 0.2) is 0 Å². The van der Waals surface area contributed by atoms with Gasteiger partial charge in [0.2, 0.25) is 0 Å². The maximum absolute atomic E-state index is 10.7. The minimum Gasteiger partial charge on any atom is -0.481 e. The molecule has 1 saturated heterocycles. The second kappa shape index (κ2) is 4.78. The van der Waals surface area contributed by atoms with Crippen molar-refractivity contribution in [3.8, 4) is 0 Å². The van der Waals surface area contributed by atoms with Crippen LogP contribution < -0.4 is 0 Å². The molecule has 82 valence electrons. The van der Waals surface area contributed by atoms with Crippen LogP contribution in [0, 0.1) is 11.8 Å². The molecule has 1 N–H and O–H groups in total. The molecule has 1 fully saturated rings. The fraction of sp³-hybridized carbons (Fsp3) is 0.909. The van der Waals surface area contributed by atoms with Crippen molar-refractivity contribution in [3.05, 3.63) is 0 Å². The van der Waals surface area contributed by atoms with Crippen LogP contribution in [0.4, 0.5) is 0 Å². The molecule has 1 unspecified atom stereocenters. The minimum absolute atomic E-state index is 0.180. The van der Waals surface area contributed by atoms with Crippen LogP contribution in [0.25, 0.3) is 0 Å². The van der Waals surface area contributed by atoms with Crippen molar-refractivity contribution in [1.82, 2.24) is 4.90 Å². The van der Waals surface area contributed by atoms with Gasteiger partial charge in [0.15, 0.2) is 0 Å². The number of hydrogen-bond acceptors (Lipinski definition) is 2. The molecule has 0 saturated carbocycles. The summed E-state index contributed by atoms with van der Waals surface area (Å²) < 4.78 is 0. The van der Waals surface area contributed by atoms with Gasteiger partial charge in [-0.15, -0.1) is 0 Å². The molecular weight excluding hydrogens is 178 g/mol. The van der Waals surface area contributed by atoms with E-state index in [-0.39, 0.29) is 5.92 Å². The topological polar surface area (TPSA) is 40.5 Å².